The molecule has 0 fully saturated rings. The summed E-state index contributed by atoms with van der Waals surface area (Å²) in [6, 6.07) is 71.8. The predicted octanol–water partition coefficient (Wildman–Crippen LogP) is 14.2. The summed E-state index contributed by atoms with van der Waals surface area (Å²) in [4.78, 5) is 5.14. The first-order chi connectivity index (χ1) is 29.2. The molecule has 4 nitrogen and oxygen atoms in total. The van der Waals surface area contributed by atoms with E-state index in [2.05, 4.69) is 179 Å². The van der Waals surface area contributed by atoms with Gasteiger partial charge in [-0.15, -0.1) is 10.2 Å². The van der Waals surface area contributed by atoms with Crippen molar-refractivity contribution in [2.45, 2.75) is 0 Å². The van der Waals surface area contributed by atoms with Crippen LogP contribution in [-0.4, -0.2) is 19.7 Å². The van der Waals surface area contributed by atoms with Crippen LogP contribution >= 0.6 is 0 Å². The van der Waals surface area contributed by atoms with Crippen molar-refractivity contribution in [3.05, 3.63) is 206 Å². The predicted molar refractivity (Wildman–Crippen MR) is 245 cm³/mol. The van der Waals surface area contributed by atoms with Crippen molar-refractivity contribution in [2.75, 3.05) is 0 Å². The number of hydrogen-bond donors (Lipinski definition) is 0. The molecule has 0 unspecified atom stereocenters. The van der Waals surface area contributed by atoms with E-state index in [1.807, 2.05) is 42.6 Å². The van der Waals surface area contributed by atoms with Crippen LogP contribution in [0.2, 0.25) is 0 Å². The second kappa shape index (κ2) is 13.3. The van der Waals surface area contributed by atoms with Crippen molar-refractivity contribution in [1.29, 1.82) is 0 Å². The van der Waals surface area contributed by atoms with Gasteiger partial charge >= 0.3 is 0 Å². The van der Waals surface area contributed by atoms with Crippen LogP contribution in [0.1, 0.15) is 0 Å². The quantitative estimate of drug-likeness (QED) is 0.159. The Kier molecular flexibility index (Phi) is 7.50. The van der Waals surface area contributed by atoms with Crippen LogP contribution in [-0.2, 0) is 0 Å². The van der Waals surface area contributed by atoms with Gasteiger partial charge in [-0.2, -0.15) is 0 Å². The SMILES string of the molecule is c1ccc(-c2nnc(-c3ccccc3)n2-c2ccc(-c3cc4ccc5cccc6c(-c7ccc8ccccc8c7)c(-c7ccc8ccccc8c7)c(c3)c4c56)cn2)cc1. The van der Waals surface area contributed by atoms with Gasteiger partial charge in [-0.25, -0.2) is 4.98 Å². The summed E-state index contributed by atoms with van der Waals surface area (Å²) in [5, 5.41) is 21.8. The van der Waals surface area contributed by atoms with Gasteiger partial charge in [-0.1, -0.05) is 164 Å². The minimum Gasteiger partial charge on any atom is -0.258 e. The molecular weight excluding hydrogens is 717 g/mol. The normalized spacial score (nSPS) is 11.7. The maximum absolute atomic E-state index is 5.14. The molecular formula is C55H34N4. The highest BCUT2D eigenvalue weighted by atomic mass is 15.3. The van der Waals surface area contributed by atoms with E-state index in [0.29, 0.717) is 0 Å². The molecule has 0 aliphatic carbocycles. The molecule has 0 spiro atoms. The standard InChI is InChI=1S/C55H34N4/c1-3-14-38(15-4-1)54-57-58-55(39-16-5-2-6-17-39)59(54)49-29-28-45(34-56-49)46-32-44-27-24-37-20-11-21-47-50(37)52(44)48(33-46)53(43-26-23-36-13-8-10-19-41(36)31-43)51(47)42-25-22-35-12-7-9-18-40(35)30-42/h1-34H. The molecule has 0 aliphatic rings. The molecule has 2 heterocycles. The number of fused-ring (bicyclic) bond motifs is 2. The number of nitrogens with zero attached hydrogens (tertiary/aromatic N) is 4. The zero-order valence-corrected chi connectivity index (χ0v) is 31.9. The molecule has 0 amide bonds. The van der Waals surface area contributed by atoms with E-state index < -0.39 is 0 Å². The Bertz CT molecular complexity index is 3480. The lowest BCUT2D eigenvalue weighted by atomic mass is 9.81. The first-order valence-electron chi connectivity index (χ1n) is 20.0. The maximum Gasteiger partial charge on any atom is 0.170 e. The van der Waals surface area contributed by atoms with E-state index in [4.69, 9.17) is 4.98 Å². The van der Waals surface area contributed by atoms with Crippen molar-refractivity contribution in [2.24, 2.45) is 0 Å². The smallest absolute Gasteiger partial charge is 0.170 e. The third-order valence-electron chi connectivity index (χ3n) is 11.9. The van der Waals surface area contributed by atoms with Crippen molar-refractivity contribution in [1.82, 2.24) is 19.7 Å². The summed E-state index contributed by atoms with van der Waals surface area (Å²) in [6.07, 6.45) is 1.99. The van der Waals surface area contributed by atoms with Gasteiger partial charge in [0.25, 0.3) is 0 Å². The second-order valence-corrected chi connectivity index (χ2v) is 15.3. The number of pyridine rings is 1. The Morgan fingerprint density at radius 3 is 1.41 bits per heavy atom. The minimum atomic E-state index is 0.744. The molecule has 0 saturated heterocycles. The first kappa shape index (κ1) is 33.2. The number of benzene rings is 10. The van der Waals surface area contributed by atoms with Crippen LogP contribution in [0.5, 0.6) is 0 Å². The van der Waals surface area contributed by atoms with Gasteiger partial charge in [0.05, 0.1) is 0 Å². The molecule has 2 aromatic heterocycles. The van der Waals surface area contributed by atoms with E-state index in [1.165, 1.54) is 76.1 Å². The molecule has 274 valence electrons. The van der Waals surface area contributed by atoms with Gasteiger partial charge in [0, 0.05) is 22.9 Å². The summed E-state index contributed by atoms with van der Waals surface area (Å²) >= 11 is 0. The van der Waals surface area contributed by atoms with E-state index in [0.717, 1.165) is 39.7 Å². The van der Waals surface area contributed by atoms with Crippen molar-refractivity contribution < 1.29 is 0 Å². The summed E-state index contributed by atoms with van der Waals surface area (Å²) in [5.74, 6) is 2.24. The van der Waals surface area contributed by atoms with Crippen LogP contribution in [0.15, 0.2) is 206 Å². The Hall–Kier alpha value is -7.95. The summed E-state index contributed by atoms with van der Waals surface area (Å²) in [6.45, 7) is 0. The molecule has 0 atom stereocenters. The van der Waals surface area contributed by atoms with E-state index in [-0.39, 0.29) is 0 Å². The lowest BCUT2D eigenvalue weighted by Gasteiger charge is -2.22. The highest BCUT2D eigenvalue weighted by molar-refractivity contribution is 6.31. The van der Waals surface area contributed by atoms with E-state index in [9.17, 15) is 0 Å². The molecule has 0 N–H and O–H groups in total. The zero-order chi connectivity index (χ0) is 38.9. The zero-order valence-electron chi connectivity index (χ0n) is 31.9. The Morgan fingerprint density at radius 1 is 0.305 bits per heavy atom. The highest BCUT2D eigenvalue weighted by Crippen LogP contribution is 2.49. The largest absolute Gasteiger partial charge is 0.258 e. The van der Waals surface area contributed by atoms with Gasteiger partial charge < -0.3 is 0 Å². The van der Waals surface area contributed by atoms with Gasteiger partial charge in [-0.05, 0) is 118 Å². The Labute approximate surface area is 340 Å². The second-order valence-electron chi connectivity index (χ2n) is 15.3. The summed E-state index contributed by atoms with van der Waals surface area (Å²) in [5.41, 5.74) is 8.97. The van der Waals surface area contributed by atoms with Gasteiger partial charge in [0.2, 0.25) is 0 Å². The van der Waals surface area contributed by atoms with Crippen molar-refractivity contribution >= 4 is 53.9 Å². The third-order valence-corrected chi connectivity index (χ3v) is 11.9. The van der Waals surface area contributed by atoms with Gasteiger partial charge in [-0.3, -0.25) is 4.57 Å². The molecule has 0 aliphatic heterocycles. The average Bonchev–Trinajstić information content (AvgIpc) is 3.76. The molecule has 12 rings (SSSR count). The molecule has 59 heavy (non-hydrogen) atoms. The van der Waals surface area contributed by atoms with E-state index in [1.54, 1.807) is 0 Å². The molecule has 0 radical (unpaired) electrons. The molecule has 0 saturated carbocycles. The van der Waals surface area contributed by atoms with Crippen LogP contribution < -0.4 is 0 Å². The fraction of sp³-hybridized carbons (Fsp3) is 0. The minimum absolute atomic E-state index is 0.744. The van der Waals surface area contributed by atoms with Crippen LogP contribution in [0.4, 0.5) is 0 Å². The Morgan fingerprint density at radius 2 is 0.797 bits per heavy atom. The summed E-state index contributed by atoms with van der Waals surface area (Å²) in [7, 11) is 0. The monoisotopic (exact) mass is 750 g/mol. The fourth-order valence-electron chi connectivity index (χ4n) is 9.11. The number of rotatable bonds is 6. The van der Waals surface area contributed by atoms with E-state index >= 15 is 0 Å². The molecule has 12 aromatic rings. The Balaban J connectivity index is 1.11. The topological polar surface area (TPSA) is 43.6 Å². The molecule has 10 aromatic carbocycles. The third kappa shape index (κ3) is 5.42. The molecule has 4 heteroatoms. The average molecular weight is 751 g/mol. The van der Waals surface area contributed by atoms with Crippen molar-refractivity contribution in [3.63, 3.8) is 0 Å². The summed E-state index contributed by atoms with van der Waals surface area (Å²) < 4.78 is 2.06. The maximum atomic E-state index is 5.14. The lowest BCUT2D eigenvalue weighted by Crippen LogP contribution is -2.02. The van der Waals surface area contributed by atoms with Gasteiger partial charge in [0.15, 0.2) is 11.6 Å². The number of hydrogen-bond acceptors (Lipinski definition) is 3. The highest BCUT2D eigenvalue weighted by Gasteiger charge is 2.23. The van der Waals surface area contributed by atoms with Gasteiger partial charge in [0.1, 0.15) is 5.82 Å². The van der Waals surface area contributed by atoms with Crippen LogP contribution in [0.25, 0.3) is 116 Å². The van der Waals surface area contributed by atoms with Crippen LogP contribution in [0, 0.1) is 0 Å². The number of aromatic nitrogens is 4. The van der Waals surface area contributed by atoms with Crippen LogP contribution in [0.3, 0.4) is 0 Å². The molecule has 0 bridgehead atoms. The van der Waals surface area contributed by atoms with Crippen molar-refractivity contribution in [3.8, 4) is 62.0 Å². The lowest BCUT2D eigenvalue weighted by molar-refractivity contribution is 1.01. The first-order valence-corrected chi connectivity index (χ1v) is 20.0. The fourth-order valence-corrected chi connectivity index (χ4v) is 9.11.